The molecule has 2 aromatic carbocycles. The predicted octanol–water partition coefficient (Wildman–Crippen LogP) is 3.04. The standard InChI is InChI=1S/C17H14ClNO5/c1-10(20)11-2-5-13(6-3-11)19-16(22)9-24-17(23)14-7-4-12(18)8-15(14)21/h2-8,21H,9H2,1H3,(H,19,22). The molecule has 0 saturated heterocycles. The summed E-state index contributed by atoms with van der Waals surface area (Å²) in [4.78, 5) is 34.7. The van der Waals surface area contributed by atoms with Crippen molar-refractivity contribution in [2.75, 3.05) is 11.9 Å². The quantitative estimate of drug-likeness (QED) is 0.640. The van der Waals surface area contributed by atoms with E-state index < -0.39 is 18.5 Å². The molecule has 0 saturated carbocycles. The Labute approximate surface area is 143 Å². The first-order valence-corrected chi connectivity index (χ1v) is 7.31. The number of anilines is 1. The normalized spacial score (nSPS) is 10.1. The molecule has 2 N–H and O–H groups in total. The van der Waals surface area contributed by atoms with Crippen molar-refractivity contribution in [2.24, 2.45) is 0 Å². The summed E-state index contributed by atoms with van der Waals surface area (Å²) in [7, 11) is 0. The fraction of sp³-hybridized carbons (Fsp3) is 0.118. The molecule has 0 aliphatic rings. The molecule has 124 valence electrons. The van der Waals surface area contributed by atoms with E-state index in [0.29, 0.717) is 11.3 Å². The van der Waals surface area contributed by atoms with Gasteiger partial charge in [-0.2, -0.15) is 0 Å². The Morgan fingerprint density at radius 3 is 2.38 bits per heavy atom. The first-order valence-electron chi connectivity index (χ1n) is 6.93. The number of nitrogens with one attached hydrogen (secondary N) is 1. The van der Waals surface area contributed by atoms with Crippen molar-refractivity contribution >= 4 is 34.9 Å². The van der Waals surface area contributed by atoms with Crippen LogP contribution in [0.25, 0.3) is 0 Å². The van der Waals surface area contributed by atoms with Crippen LogP contribution in [0.3, 0.4) is 0 Å². The molecule has 2 rings (SSSR count). The van der Waals surface area contributed by atoms with Crippen molar-refractivity contribution in [1.82, 2.24) is 0 Å². The number of ether oxygens (including phenoxy) is 1. The highest BCUT2D eigenvalue weighted by molar-refractivity contribution is 6.30. The average Bonchev–Trinajstić information content (AvgIpc) is 2.53. The molecule has 0 heterocycles. The average molecular weight is 348 g/mol. The van der Waals surface area contributed by atoms with Gasteiger partial charge in [-0.1, -0.05) is 11.6 Å². The van der Waals surface area contributed by atoms with Gasteiger partial charge in [-0.25, -0.2) is 4.79 Å². The molecular weight excluding hydrogens is 334 g/mol. The van der Waals surface area contributed by atoms with Crippen LogP contribution in [0.1, 0.15) is 27.6 Å². The maximum Gasteiger partial charge on any atom is 0.342 e. The van der Waals surface area contributed by atoms with Crippen LogP contribution in [0.5, 0.6) is 5.75 Å². The lowest BCUT2D eigenvalue weighted by Gasteiger charge is -2.08. The van der Waals surface area contributed by atoms with Crippen LogP contribution in [-0.2, 0) is 9.53 Å². The molecular formula is C17H14ClNO5. The monoisotopic (exact) mass is 347 g/mol. The summed E-state index contributed by atoms with van der Waals surface area (Å²) < 4.78 is 4.84. The predicted molar refractivity (Wildman–Crippen MR) is 88.5 cm³/mol. The summed E-state index contributed by atoms with van der Waals surface area (Å²) >= 11 is 5.67. The Balaban J connectivity index is 1.90. The maximum atomic E-state index is 11.8. The van der Waals surface area contributed by atoms with Gasteiger partial charge in [0.15, 0.2) is 12.4 Å². The third-order valence-corrected chi connectivity index (χ3v) is 3.32. The largest absolute Gasteiger partial charge is 0.507 e. The van der Waals surface area contributed by atoms with Gasteiger partial charge in [-0.3, -0.25) is 9.59 Å². The summed E-state index contributed by atoms with van der Waals surface area (Å²) in [6, 6.07) is 10.2. The van der Waals surface area contributed by atoms with Gasteiger partial charge in [0.25, 0.3) is 5.91 Å². The highest BCUT2D eigenvalue weighted by Gasteiger charge is 2.14. The van der Waals surface area contributed by atoms with E-state index in [0.717, 1.165) is 0 Å². The Morgan fingerprint density at radius 2 is 1.79 bits per heavy atom. The molecule has 0 spiro atoms. The number of benzene rings is 2. The number of esters is 1. The highest BCUT2D eigenvalue weighted by atomic mass is 35.5. The van der Waals surface area contributed by atoms with E-state index in [2.05, 4.69) is 5.32 Å². The minimum Gasteiger partial charge on any atom is -0.507 e. The number of phenolic OH excluding ortho intramolecular Hbond substituents is 1. The highest BCUT2D eigenvalue weighted by Crippen LogP contribution is 2.22. The van der Waals surface area contributed by atoms with Gasteiger partial charge in [-0.15, -0.1) is 0 Å². The van der Waals surface area contributed by atoms with Crippen molar-refractivity contribution in [3.63, 3.8) is 0 Å². The number of hydrogen-bond acceptors (Lipinski definition) is 5. The summed E-state index contributed by atoms with van der Waals surface area (Å²) in [6.07, 6.45) is 0. The van der Waals surface area contributed by atoms with Gasteiger partial charge in [0, 0.05) is 16.3 Å². The van der Waals surface area contributed by atoms with Crippen LogP contribution in [0, 0.1) is 0 Å². The summed E-state index contributed by atoms with van der Waals surface area (Å²) in [5, 5.41) is 12.4. The molecule has 0 fully saturated rings. The molecule has 7 heteroatoms. The zero-order valence-corrected chi connectivity index (χ0v) is 13.5. The summed E-state index contributed by atoms with van der Waals surface area (Å²) in [6.45, 7) is 0.925. The van der Waals surface area contributed by atoms with Crippen LogP contribution < -0.4 is 5.32 Å². The first kappa shape index (κ1) is 17.5. The first-order chi connectivity index (χ1) is 11.4. The minimum atomic E-state index is -0.841. The molecule has 0 aliphatic heterocycles. The van der Waals surface area contributed by atoms with E-state index in [4.69, 9.17) is 16.3 Å². The van der Waals surface area contributed by atoms with Gasteiger partial charge in [0.1, 0.15) is 11.3 Å². The van der Waals surface area contributed by atoms with Crippen LogP contribution in [0.15, 0.2) is 42.5 Å². The number of phenols is 1. The van der Waals surface area contributed by atoms with Crippen LogP contribution >= 0.6 is 11.6 Å². The Bertz CT molecular complexity index is 786. The second-order valence-electron chi connectivity index (χ2n) is 4.92. The number of rotatable bonds is 5. The van der Waals surface area contributed by atoms with E-state index >= 15 is 0 Å². The van der Waals surface area contributed by atoms with Crippen LogP contribution in [0.2, 0.25) is 5.02 Å². The molecule has 0 aromatic heterocycles. The fourth-order valence-corrected chi connectivity index (χ4v) is 2.04. The zero-order valence-electron chi connectivity index (χ0n) is 12.7. The zero-order chi connectivity index (χ0) is 17.7. The lowest BCUT2D eigenvalue weighted by molar-refractivity contribution is -0.119. The molecule has 0 bridgehead atoms. The van der Waals surface area contributed by atoms with E-state index in [9.17, 15) is 19.5 Å². The maximum absolute atomic E-state index is 11.8. The van der Waals surface area contributed by atoms with E-state index in [-0.39, 0.29) is 22.1 Å². The van der Waals surface area contributed by atoms with E-state index in [1.165, 1.54) is 25.1 Å². The number of hydrogen-bond donors (Lipinski definition) is 2. The summed E-state index contributed by atoms with van der Waals surface area (Å²) in [5.74, 6) is -1.80. The number of amides is 1. The minimum absolute atomic E-state index is 0.0791. The lowest BCUT2D eigenvalue weighted by Crippen LogP contribution is -2.21. The SMILES string of the molecule is CC(=O)c1ccc(NC(=O)COC(=O)c2ccc(Cl)cc2O)cc1. The molecule has 0 radical (unpaired) electrons. The number of carbonyl (C=O) groups excluding carboxylic acids is 3. The smallest absolute Gasteiger partial charge is 0.342 e. The Kier molecular flexibility index (Phi) is 5.55. The van der Waals surface area contributed by atoms with Crippen molar-refractivity contribution in [3.8, 4) is 5.75 Å². The molecule has 0 atom stereocenters. The number of carbonyl (C=O) groups is 3. The van der Waals surface area contributed by atoms with Crippen molar-refractivity contribution in [2.45, 2.75) is 6.92 Å². The van der Waals surface area contributed by atoms with E-state index in [1.54, 1.807) is 24.3 Å². The molecule has 24 heavy (non-hydrogen) atoms. The molecule has 2 aromatic rings. The topological polar surface area (TPSA) is 92.7 Å². The van der Waals surface area contributed by atoms with Gasteiger partial charge in [0.05, 0.1) is 0 Å². The van der Waals surface area contributed by atoms with Crippen molar-refractivity contribution in [3.05, 3.63) is 58.6 Å². The molecule has 1 amide bonds. The second-order valence-corrected chi connectivity index (χ2v) is 5.36. The number of ketones is 1. The van der Waals surface area contributed by atoms with Crippen molar-refractivity contribution < 1.29 is 24.2 Å². The van der Waals surface area contributed by atoms with Gasteiger partial charge in [0.2, 0.25) is 0 Å². The Morgan fingerprint density at radius 1 is 1.12 bits per heavy atom. The van der Waals surface area contributed by atoms with Gasteiger partial charge >= 0.3 is 5.97 Å². The van der Waals surface area contributed by atoms with Crippen molar-refractivity contribution in [1.29, 1.82) is 0 Å². The van der Waals surface area contributed by atoms with Gasteiger partial charge < -0.3 is 15.2 Å². The fourth-order valence-electron chi connectivity index (χ4n) is 1.87. The Hall–Kier alpha value is -2.86. The molecule has 0 unspecified atom stereocenters. The third-order valence-electron chi connectivity index (χ3n) is 3.09. The van der Waals surface area contributed by atoms with Gasteiger partial charge in [-0.05, 0) is 49.4 Å². The van der Waals surface area contributed by atoms with Crippen LogP contribution in [-0.4, -0.2) is 29.4 Å². The number of aromatic hydroxyl groups is 1. The number of Topliss-reactive ketones (excluding diaryl/α,β-unsaturated/α-hetero) is 1. The summed E-state index contributed by atoms with van der Waals surface area (Å²) in [5.41, 5.74) is 0.908. The van der Waals surface area contributed by atoms with Crippen LogP contribution in [0.4, 0.5) is 5.69 Å². The lowest BCUT2D eigenvalue weighted by atomic mass is 10.1. The number of halogens is 1. The molecule has 6 nitrogen and oxygen atoms in total. The second kappa shape index (κ2) is 7.61. The third kappa shape index (κ3) is 4.57. The molecule has 0 aliphatic carbocycles. The van der Waals surface area contributed by atoms with E-state index in [1.807, 2.05) is 0 Å².